The maximum Gasteiger partial charge on any atom is 0.175 e. The van der Waals surface area contributed by atoms with Gasteiger partial charge in [0.25, 0.3) is 0 Å². The number of fused-ring (bicyclic) bond motifs is 1. The molecule has 104 valence electrons. The summed E-state index contributed by atoms with van der Waals surface area (Å²) in [6, 6.07) is 8.38. The Labute approximate surface area is 120 Å². The third-order valence-corrected chi connectivity index (χ3v) is 5.11. The predicted molar refractivity (Wildman–Crippen MR) is 79.6 cm³/mol. The lowest BCUT2D eigenvalue weighted by Gasteiger charge is -2.04. The smallest absolute Gasteiger partial charge is 0.175 e. The van der Waals surface area contributed by atoms with Gasteiger partial charge in [-0.2, -0.15) is 0 Å². The third kappa shape index (κ3) is 2.35. The fourth-order valence-corrected chi connectivity index (χ4v) is 3.37. The highest BCUT2D eigenvalue weighted by atomic mass is 32.2. The van der Waals surface area contributed by atoms with Crippen molar-refractivity contribution in [3.05, 3.63) is 46.4 Å². The molecular weight excluding hydrogens is 294 g/mol. The van der Waals surface area contributed by atoms with Crippen LogP contribution in [-0.4, -0.2) is 24.6 Å². The molecule has 0 saturated heterocycles. The van der Waals surface area contributed by atoms with E-state index in [2.05, 4.69) is 9.97 Å². The lowest BCUT2D eigenvalue weighted by molar-refractivity contribution is 0.602. The largest absolute Gasteiger partial charge is 0.340 e. The number of thiophene rings is 1. The summed E-state index contributed by atoms with van der Waals surface area (Å²) in [6.45, 7) is 0. The number of hydrogen-bond acceptors (Lipinski definition) is 5. The maximum atomic E-state index is 11.5. The Bertz CT molecular complexity index is 851. The molecule has 2 aromatic heterocycles. The molecule has 3 aromatic rings. The van der Waals surface area contributed by atoms with Gasteiger partial charge in [0, 0.05) is 11.1 Å². The van der Waals surface area contributed by atoms with E-state index in [9.17, 15) is 8.42 Å². The summed E-state index contributed by atoms with van der Waals surface area (Å²) in [5, 5.41) is 1.96. The average molecular weight is 307 g/mol. The molecule has 0 saturated carbocycles. The van der Waals surface area contributed by atoms with E-state index in [1.807, 2.05) is 17.5 Å². The number of imidazole rings is 1. The summed E-state index contributed by atoms with van der Waals surface area (Å²) in [7, 11) is -3.23. The quantitative estimate of drug-likeness (QED) is 0.775. The minimum absolute atomic E-state index is 0.268. The highest BCUT2D eigenvalue weighted by molar-refractivity contribution is 7.90. The molecule has 5 nitrogen and oxygen atoms in total. The van der Waals surface area contributed by atoms with E-state index in [1.165, 1.54) is 6.26 Å². The standard InChI is InChI=1S/C13H13N3O2S2/c1-20(17,18)8-4-5-9-10(7-8)16-13(15-9)12(14)11-3-2-6-19-11/h2-7,12H,14H2,1H3,(H,15,16). The zero-order chi connectivity index (χ0) is 14.3. The molecule has 0 aliphatic carbocycles. The third-order valence-electron chi connectivity index (χ3n) is 3.04. The molecule has 0 amide bonds. The van der Waals surface area contributed by atoms with Crippen LogP contribution in [0.15, 0.2) is 40.6 Å². The summed E-state index contributed by atoms with van der Waals surface area (Å²) in [6.07, 6.45) is 1.18. The summed E-state index contributed by atoms with van der Waals surface area (Å²) >= 11 is 1.56. The highest BCUT2D eigenvalue weighted by Gasteiger charge is 2.15. The van der Waals surface area contributed by atoms with Gasteiger partial charge >= 0.3 is 0 Å². The number of aromatic amines is 1. The zero-order valence-electron chi connectivity index (χ0n) is 10.7. The van der Waals surface area contributed by atoms with Gasteiger partial charge < -0.3 is 10.7 Å². The van der Waals surface area contributed by atoms with Crippen LogP contribution in [0.3, 0.4) is 0 Å². The summed E-state index contributed by atoms with van der Waals surface area (Å²) in [5.41, 5.74) is 7.53. The number of nitrogens with two attached hydrogens (primary N) is 1. The van der Waals surface area contributed by atoms with Gasteiger partial charge in [-0.05, 0) is 29.6 Å². The molecule has 1 atom stereocenters. The van der Waals surface area contributed by atoms with Crippen molar-refractivity contribution in [1.82, 2.24) is 9.97 Å². The van der Waals surface area contributed by atoms with Crippen LogP contribution in [0.5, 0.6) is 0 Å². The van der Waals surface area contributed by atoms with Crippen molar-refractivity contribution >= 4 is 32.2 Å². The molecule has 0 radical (unpaired) electrons. The molecule has 0 bridgehead atoms. The van der Waals surface area contributed by atoms with Crippen molar-refractivity contribution in [2.24, 2.45) is 5.73 Å². The number of rotatable bonds is 3. The first-order chi connectivity index (χ1) is 9.45. The van der Waals surface area contributed by atoms with Crippen molar-refractivity contribution in [1.29, 1.82) is 0 Å². The van der Waals surface area contributed by atoms with Crippen LogP contribution in [0.1, 0.15) is 16.7 Å². The van der Waals surface area contributed by atoms with Crippen LogP contribution in [0.2, 0.25) is 0 Å². The molecule has 1 aromatic carbocycles. The van der Waals surface area contributed by atoms with Gasteiger partial charge in [-0.1, -0.05) is 6.07 Å². The lowest BCUT2D eigenvalue weighted by Crippen LogP contribution is -2.11. The van der Waals surface area contributed by atoms with Gasteiger partial charge in [0.1, 0.15) is 5.82 Å². The fourth-order valence-electron chi connectivity index (χ4n) is 1.99. The predicted octanol–water partition coefficient (Wildman–Crippen LogP) is 2.08. The molecule has 0 fully saturated rings. The molecule has 3 rings (SSSR count). The first kappa shape index (κ1) is 13.3. The Balaban J connectivity index is 2.07. The molecule has 20 heavy (non-hydrogen) atoms. The van der Waals surface area contributed by atoms with Gasteiger partial charge in [0.2, 0.25) is 0 Å². The molecule has 0 aliphatic heterocycles. The molecule has 0 spiro atoms. The topological polar surface area (TPSA) is 88.8 Å². The van der Waals surface area contributed by atoms with Gasteiger partial charge in [-0.25, -0.2) is 13.4 Å². The molecule has 7 heteroatoms. The number of H-pyrrole nitrogens is 1. The SMILES string of the molecule is CS(=O)(=O)c1ccc2nc(C(N)c3cccs3)[nH]c2c1. The second-order valence-corrected chi connectivity index (χ2v) is 7.56. The van der Waals surface area contributed by atoms with Gasteiger partial charge in [-0.3, -0.25) is 0 Å². The number of aromatic nitrogens is 2. The minimum Gasteiger partial charge on any atom is -0.340 e. The zero-order valence-corrected chi connectivity index (χ0v) is 12.3. The maximum absolute atomic E-state index is 11.5. The van der Waals surface area contributed by atoms with Crippen LogP contribution in [0, 0.1) is 0 Å². The first-order valence-corrected chi connectivity index (χ1v) is 8.71. The van der Waals surface area contributed by atoms with Crippen molar-refractivity contribution in [3.63, 3.8) is 0 Å². The van der Waals surface area contributed by atoms with E-state index in [0.29, 0.717) is 16.9 Å². The van der Waals surface area contributed by atoms with E-state index in [-0.39, 0.29) is 10.9 Å². The Kier molecular flexibility index (Phi) is 3.12. The molecule has 1 unspecified atom stereocenters. The molecule has 3 N–H and O–H groups in total. The van der Waals surface area contributed by atoms with E-state index in [0.717, 1.165) is 4.88 Å². The normalized spacial score (nSPS) is 13.7. The van der Waals surface area contributed by atoms with E-state index in [1.54, 1.807) is 29.5 Å². The van der Waals surface area contributed by atoms with Gasteiger partial charge in [0.15, 0.2) is 9.84 Å². The Hall–Kier alpha value is -1.70. The van der Waals surface area contributed by atoms with Gasteiger partial charge in [0.05, 0.1) is 22.0 Å². The minimum atomic E-state index is -3.23. The molecule has 0 aliphatic rings. The molecular formula is C13H13N3O2S2. The van der Waals surface area contributed by atoms with Crippen LogP contribution in [0.4, 0.5) is 0 Å². The molecule has 2 heterocycles. The van der Waals surface area contributed by atoms with E-state index in [4.69, 9.17) is 5.73 Å². The van der Waals surface area contributed by atoms with Crippen molar-refractivity contribution < 1.29 is 8.42 Å². The van der Waals surface area contributed by atoms with Crippen molar-refractivity contribution in [2.45, 2.75) is 10.9 Å². The first-order valence-electron chi connectivity index (χ1n) is 5.94. The fraction of sp³-hybridized carbons (Fsp3) is 0.154. The summed E-state index contributed by atoms with van der Waals surface area (Å²) in [4.78, 5) is 8.80. The van der Waals surface area contributed by atoms with Crippen LogP contribution < -0.4 is 5.73 Å². The summed E-state index contributed by atoms with van der Waals surface area (Å²) < 4.78 is 23.1. The highest BCUT2D eigenvalue weighted by Crippen LogP contribution is 2.24. The van der Waals surface area contributed by atoms with Gasteiger partial charge in [-0.15, -0.1) is 11.3 Å². The number of sulfone groups is 1. The second-order valence-electron chi connectivity index (χ2n) is 4.57. The van der Waals surface area contributed by atoms with Crippen molar-refractivity contribution in [2.75, 3.05) is 6.26 Å². The number of hydrogen-bond donors (Lipinski definition) is 2. The Morgan fingerprint density at radius 3 is 2.80 bits per heavy atom. The second kappa shape index (κ2) is 4.69. The van der Waals surface area contributed by atoms with Crippen LogP contribution >= 0.6 is 11.3 Å². The van der Waals surface area contributed by atoms with Crippen LogP contribution in [-0.2, 0) is 9.84 Å². The number of nitrogens with one attached hydrogen (secondary N) is 1. The summed E-state index contributed by atoms with van der Waals surface area (Å²) in [5.74, 6) is 0.633. The van der Waals surface area contributed by atoms with E-state index < -0.39 is 9.84 Å². The average Bonchev–Trinajstić information content (AvgIpc) is 3.05. The number of benzene rings is 1. The monoisotopic (exact) mass is 307 g/mol. The Morgan fingerprint density at radius 1 is 1.35 bits per heavy atom. The van der Waals surface area contributed by atoms with E-state index >= 15 is 0 Å². The number of nitrogens with zero attached hydrogens (tertiary/aromatic N) is 1. The lowest BCUT2D eigenvalue weighted by atomic mass is 10.2. The Morgan fingerprint density at radius 2 is 2.15 bits per heavy atom. The van der Waals surface area contributed by atoms with Crippen molar-refractivity contribution in [3.8, 4) is 0 Å². The van der Waals surface area contributed by atoms with Crippen LogP contribution in [0.25, 0.3) is 11.0 Å².